The average Bonchev–Trinajstić information content (AvgIpc) is 2.68. The Balaban J connectivity index is 2.42. The van der Waals surface area contributed by atoms with Gasteiger partial charge in [0, 0.05) is 5.56 Å². The number of Topliss-reactive ketones (excluding diaryl/α,β-unsaturated/α-hetero) is 1. The van der Waals surface area contributed by atoms with Crippen molar-refractivity contribution >= 4 is 27.7 Å². The molecule has 4 nitrogen and oxygen atoms in total. The molecule has 5 heteroatoms. The summed E-state index contributed by atoms with van der Waals surface area (Å²) in [6.45, 7) is 2.22. The van der Waals surface area contributed by atoms with Gasteiger partial charge in [-0.05, 0) is 37.1 Å². The maximum atomic E-state index is 12.0. The molecule has 1 aromatic carbocycles. The Hall–Kier alpha value is -1.36. The van der Waals surface area contributed by atoms with E-state index in [4.69, 9.17) is 9.47 Å². The van der Waals surface area contributed by atoms with Gasteiger partial charge < -0.3 is 9.47 Å². The number of ketones is 1. The molecule has 0 aromatic heterocycles. The highest BCUT2D eigenvalue weighted by Crippen LogP contribution is 2.18. The van der Waals surface area contributed by atoms with Crippen LogP contribution >= 0.6 is 15.9 Å². The first-order chi connectivity index (χ1) is 12.6. The van der Waals surface area contributed by atoms with E-state index in [1.54, 1.807) is 24.3 Å². The Morgan fingerprint density at radius 2 is 1.54 bits per heavy atom. The number of halogens is 1. The van der Waals surface area contributed by atoms with Gasteiger partial charge >= 0.3 is 5.97 Å². The van der Waals surface area contributed by atoms with Crippen molar-refractivity contribution < 1.29 is 19.1 Å². The van der Waals surface area contributed by atoms with Crippen molar-refractivity contribution in [3.05, 3.63) is 29.8 Å². The first-order valence-electron chi connectivity index (χ1n) is 9.56. The van der Waals surface area contributed by atoms with E-state index in [9.17, 15) is 9.59 Å². The Bertz CT molecular complexity index is 527. The molecular formula is C21H31BrO4. The number of hydrogen-bond donors (Lipinski definition) is 0. The van der Waals surface area contributed by atoms with Gasteiger partial charge in [0.15, 0.2) is 11.9 Å². The number of alkyl halides is 1. The second-order valence-corrected chi connectivity index (χ2v) is 7.04. The third-order valence-electron chi connectivity index (χ3n) is 4.36. The monoisotopic (exact) mass is 426 g/mol. The largest absolute Gasteiger partial charge is 0.479 e. The van der Waals surface area contributed by atoms with Crippen LogP contribution in [0.1, 0.15) is 75.1 Å². The number of benzene rings is 1. The number of methoxy groups -OCH3 is 1. The minimum atomic E-state index is -0.599. The van der Waals surface area contributed by atoms with Crippen LogP contribution < -0.4 is 4.74 Å². The molecule has 1 atom stereocenters. The fourth-order valence-electron chi connectivity index (χ4n) is 2.78. The van der Waals surface area contributed by atoms with Crippen molar-refractivity contribution in [1.82, 2.24) is 0 Å². The second-order valence-electron chi connectivity index (χ2n) is 6.47. The molecule has 0 aliphatic heterocycles. The number of rotatable bonds is 14. The number of unbranched alkanes of at least 4 members (excludes halogenated alkanes) is 7. The van der Waals surface area contributed by atoms with E-state index in [0.717, 1.165) is 12.8 Å². The zero-order valence-corrected chi connectivity index (χ0v) is 17.6. The Labute approximate surface area is 165 Å². The fourth-order valence-corrected chi connectivity index (χ4v) is 3.10. The molecule has 0 fully saturated rings. The van der Waals surface area contributed by atoms with Gasteiger partial charge in [0.25, 0.3) is 0 Å². The molecule has 0 N–H and O–H groups in total. The summed E-state index contributed by atoms with van der Waals surface area (Å²) in [5, 5.41) is 0.288. The first-order valence-corrected chi connectivity index (χ1v) is 10.7. The minimum absolute atomic E-state index is 0.0139. The third-order valence-corrected chi connectivity index (χ3v) is 4.87. The topological polar surface area (TPSA) is 52.6 Å². The molecule has 26 heavy (non-hydrogen) atoms. The van der Waals surface area contributed by atoms with Crippen LogP contribution in [0.4, 0.5) is 0 Å². The van der Waals surface area contributed by atoms with Crippen LogP contribution in [-0.2, 0) is 9.53 Å². The number of esters is 1. The molecule has 0 heterocycles. The smallest absolute Gasteiger partial charge is 0.347 e. The van der Waals surface area contributed by atoms with Crippen molar-refractivity contribution in [2.24, 2.45) is 0 Å². The summed E-state index contributed by atoms with van der Waals surface area (Å²) >= 11 is 3.16. The molecule has 1 rings (SSSR count). The third kappa shape index (κ3) is 8.84. The maximum absolute atomic E-state index is 12.0. The van der Waals surface area contributed by atoms with Crippen LogP contribution in [0.25, 0.3) is 0 Å². The van der Waals surface area contributed by atoms with E-state index in [-0.39, 0.29) is 17.1 Å². The Morgan fingerprint density at radius 3 is 2.08 bits per heavy atom. The van der Waals surface area contributed by atoms with Gasteiger partial charge in [-0.3, -0.25) is 4.79 Å². The molecule has 1 unspecified atom stereocenters. The normalized spacial score (nSPS) is 11.8. The summed E-state index contributed by atoms with van der Waals surface area (Å²) in [4.78, 5) is 23.6. The van der Waals surface area contributed by atoms with Gasteiger partial charge in [-0.2, -0.15) is 0 Å². The molecule has 0 aliphatic rings. The number of carbonyl (C=O) groups is 2. The fraction of sp³-hybridized carbons (Fsp3) is 0.619. The summed E-state index contributed by atoms with van der Waals surface area (Å²) in [6, 6.07) is 6.87. The van der Waals surface area contributed by atoms with Crippen LogP contribution in [0.15, 0.2) is 24.3 Å². The molecule has 0 bridgehead atoms. The van der Waals surface area contributed by atoms with E-state index in [1.165, 1.54) is 45.6 Å². The standard InChI is InChI=1S/C21H31BrO4/c1-3-4-5-6-7-8-9-10-11-20(21(24)25-2)26-18-14-12-17(13-15-18)19(23)16-22/h12-15,20H,3-11,16H2,1-2H3. The number of ether oxygens (including phenoxy) is 2. The molecule has 0 saturated heterocycles. The summed E-state index contributed by atoms with van der Waals surface area (Å²) in [5.41, 5.74) is 0.618. The van der Waals surface area contributed by atoms with Crippen molar-refractivity contribution in [2.45, 2.75) is 70.8 Å². The first kappa shape index (κ1) is 22.7. The van der Waals surface area contributed by atoms with Gasteiger partial charge in [0.2, 0.25) is 0 Å². The maximum Gasteiger partial charge on any atom is 0.347 e. The second kappa shape index (κ2) is 13.8. The molecular weight excluding hydrogens is 396 g/mol. The van der Waals surface area contributed by atoms with E-state index in [1.807, 2.05) is 0 Å². The average molecular weight is 427 g/mol. The van der Waals surface area contributed by atoms with Crippen LogP contribution in [0.5, 0.6) is 5.75 Å². The van der Waals surface area contributed by atoms with E-state index < -0.39 is 6.10 Å². The predicted molar refractivity (Wildman–Crippen MR) is 108 cm³/mol. The van der Waals surface area contributed by atoms with Crippen LogP contribution in [0.2, 0.25) is 0 Å². The number of hydrogen-bond acceptors (Lipinski definition) is 4. The van der Waals surface area contributed by atoms with Gasteiger partial charge in [-0.15, -0.1) is 0 Å². The molecule has 146 valence electrons. The van der Waals surface area contributed by atoms with Crippen molar-refractivity contribution in [3.8, 4) is 5.75 Å². The van der Waals surface area contributed by atoms with Gasteiger partial charge in [0.1, 0.15) is 5.75 Å². The molecule has 0 saturated carbocycles. The lowest BCUT2D eigenvalue weighted by molar-refractivity contribution is -0.149. The summed E-state index contributed by atoms with van der Waals surface area (Å²) < 4.78 is 10.7. The quantitative estimate of drug-likeness (QED) is 0.165. The Kier molecular flexibility index (Phi) is 12.0. The summed E-state index contributed by atoms with van der Waals surface area (Å²) in [6.07, 6.45) is 9.73. The van der Waals surface area contributed by atoms with Crippen LogP contribution in [0.3, 0.4) is 0 Å². The number of carbonyl (C=O) groups excluding carboxylic acids is 2. The summed E-state index contributed by atoms with van der Waals surface area (Å²) in [7, 11) is 1.38. The zero-order chi connectivity index (χ0) is 19.2. The lowest BCUT2D eigenvalue weighted by atomic mass is 10.1. The highest BCUT2D eigenvalue weighted by Gasteiger charge is 2.20. The lowest BCUT2D eigenvalue weighted by Gasteiger charge is -2.17. The highest BCUT2D eigenvalue weighted by atomic mass is 79.9. The van der Waals surface area contributed by atoms with Crippen molar-refractivity contribution in [1.29, 1.82) is 0 Å². The zero-order valence-electron chi connectivity index (χ0n) is 16.0. The van der Waals surface area contributed by atoms with Crippen LogP contribution in [0, 0.1) is 0 Å². The lowest BCUT2D eigenvalue weighted by Crippen LogP contribution is -2.28. The minimum Gasteiger partial charge on any atom is -0.479 e. The van der Waals surface area contributed by atoms with E-state index in [2.05, 4.69) is 22.9 Å². The summed E-state index contributed by atoms with van der Waals surface area (Å²) in [5.74, 6) is 0.236. The van der Waals surface area contributed by atoms with Gasteiger partial charge in [-0.25, -0.2) is 4.79 Å². The predicted octanol–water partition coefficient (Wildman–Crippen LogP) is 5.72. The molecule has 0 radical (unpaired) electrons. The van der Waals surface area contributed by atoms with Gasteiger partial charge in [-0.1, -0.05) is 67.8 Å². The van der Waals surface area contributed by atoms with Crippen molar-refractivity contribution in [3.63, 3.8) is 0 Å². The van der Waals surface area contributed by atoms with Gasteiger partial charge in [0.05, 0.1) is 12.4 Å². The highest BCUT2D eigenvalue weighted by molar-refractivity contribution is 9.09. The molecule has 0 aliphatic carbocycles. The van der Waals surface area contributed by atoms with E-state index >= 15 is 0 Å². The SMILES string of the molecule is CCCCCCCCCCC(Oc1ccc(C(=O)CBr)cc1)C(=O)OC. The molecule has 0 amide bonds. The van der Waals surface area contributed by atoms with Crippen LogP contribution in [-0.4, -0.2) is 30.3 Å². The van der Waals surface area contributed by atoms with Crippen molar-refractivity contribution in [2.75, 3.05) is 12.4 Å². The Morgan fingerprint density at radius 1 is 0.962 bits per heavy atom. The molecule has 1 aromatic rings. The molecule has 0 spiro atoms. The van der Waals surface area contributed by atoms with E-state index in [0.29, 0.717) is 17.7 Å².